The van der Waals surface area contributed by atoms with E-state index >= 15 is 0 Å². The molecule has 0 aliphatic carbocycles. The van der Waals surface area contributed by atoms with Crippen molar-refractivity contribution in [3.8, 4) is 22.8 Å². The first-order valence-electron chi connectivity index (χ1n) is 10.2. The van der Waals surface area contributed by atoms with Crippen LogP contribution < -0.4 is 0 Å². The van der Waals surface area contributed by atoms with Gasteiger partial charge in [-0.15, -0.1) is 0 Å². The quantitative estimate of drug-likeness (QED) is 0.427. The molecule has 0 N–H and O–H groups in total. The van der Waals surface area contributed by atoms with Crippen LogP contribution in [0.15, 0.2) is 73.1 Å². The van der Waals surface area contributed by atoms with E-state index < -0.39 is 0 Å². The Balaban J connectivity index is 1.62. The van der Waals surface area contributed by atoms with Crippen LogP contribution in [0.3, 0.4) is 0 Å². The molecule has 0 fully saturated rings. The largest absolute Gasteiger partial charge is 0.231 e. The number of hydrogen-bond acceptors (Lipinski definition) is 6. The predicted octanol–water partition coefficient (Wildman–Crippen LogP) is 4.23. The van der Waals surface area contributed by atoms with Crippen LogP contribution in [0.5, 0.6) is 0 Å². The Morgan fingerprint density at radius 2 is 0.938 bits per heavy atom. The summed E-state index contributed by atoms with van der Waals surface area (Å²) in [4.78, 5) is 18.9. The van der Waals surface area contributed by atoms with Crippen LogP contribution in [0.25, 0.3) is 44.8 Å². The van der Waals surface area contributed by atoms with Gasteiger partial charge in [0, 0.05) is 0 Å². The van der Waals surface area contributed by atoms with Gasteiger partial charge < -0.3 is 0 Å². The highest BCUT2D eigenvalue weighted by molar-refractivity contribution is 5.99. The molecule has 6 rings (SSSR count). The third-order valence-electron chi connectivity index (χ3n) is 5.31. The number of aromatic nitrogens is 8. The highest BCUT2D eigenvalue weighted by Crippen LogP contribution is 2.31. The van der Waals surface area contributed by atoms with Crippen molar-refractivity contribution in [2.45, 2.75) is 13.8 Å². The lowest BCUT2D eigenvalue weighted by Crippen LogP contribution is -2.03. The normalized spacial score (nSPS) is 11.4. The molecule has 0 saturated heterocycles. The van der Waals surface area contributed by atoms with Crippen molar-refractivity contribution in [1.29, 1.82) is 0 Å². The molecule has 0 aliphatic rings. The smallest absolute Gasteiger partial charge is 0.167 e. The fraction of sp³-hybridized carbons (Fsp3) is 0.0833. The molecule has 154 valence electrons. The van der Waals surface area contributed by atoms with E-state index in [0.29, 0.717) is 11.6 Å². The van der Waals surface area contributed by atoms with Crippen molar-refractivity contribution in [2.24, 2.45) is 0 Å². The molecule has 0 atom stereocenters. The Hall–Kier alpha value is -4.46. The number of fused-ring (bicyclic) bond motifs is 2. The molecule has 0 bridgehead atoms. The van der Waals surface area contributed by atoms with Gasteiger partial charge in [0.1, 0.15) is 23.0 Å². The van der Waals surface area contributed by atoms with Crippen LogP contribution in [0.2, 0.25) is 0 Å². The minimum Gasteiger partial charge on any atom is -0.231 e. The molecule has 4 aromatic heterocycles. The summed E-state index contributed by atoms with van der Waals surface area (Å²) in [6.45, 7) is 3.76. The van der Waals surface area contributed by atoms with E-state index in [2.05, 4.69) is 20.2 Å². The Bertz CT molecular complexity index is 1460. The van der Waals surface area contributed by atoms with E-state index in [9.17, 15) is 0 Å². The van der Waals surface area contributed by atoms with Crippen LogP contribution >= 0.6 is 0 Å². The highest BCUT2D eigenvalue weighted by atomic mass is 15.3. The van der Waals surface area contributed by atoms with Crippen molar-refractivity contribution in [3.63, 3.8) is 0 Å². The van der Waals surface area contributed by atoms with E-state index in [4.69, 9.17) is 9.97 Å². The van der Waals surface area contributed by atoms with Gasteiger partial charge in [-0.2, -0.15) is 10.2 Å². The fourth-order valence-corrected chi connectivity index (χ4v) is 3.91. The number of nitrogens with zero attached hydrogens (tertiary/aromatic N) is 8. The van der Waals surface area contributed by atoms with Gasteiger partial charge in [-0.1, -0.05) is 36.4 Å². The molecule has 0 radical (unpaired) electrons. The summed E-state index contributed by atoms with van der Waals surface area (Å²) < 4.78 is 3.65. The Kier molecular flexibility index (Phi) is 4.04. The SMILES string of the molecule is Cc1nc(-c2nc(C)nc3c2cnn3-c2ccccc2)c2cnn(-c3ccccc3)c2n1. The minimum atomic E-state index is 0.644. The first kappa shape index (κ1) is 18.3. The number of aryl methyl sites for hydroxylation is 2. The third-order valence-corrected chi connectivity index (χ3v) is 5.31. The molecule has 0 amide bonds. The van der Waals surface area contributed by atoms with Crippen molar-refractivity contribution < 1.29 is 0 Å². The Morgan fingerprint density at radius 1 is 0.531 bits per heavy atom. The monoisotopic (exact) mass is 418 g/mol. The minimum absolute atomic E-state index is 0.644. The van der Waals surface area contributed by atoms with Gasteiger partial charge >= 0.3 is 0 Å². The zero-order chi connectivity index (χ0) is 21.7. The van der Waals surface area contributed by atoms with Gasteiger partial charge in [0.25, 0.3) is 0 Å². The van der Waals surface area contributed by atoms with Crippen molar-refractivity contribution in [2.75, 3.05) is 0 Å². The zero-order valence-electron chi connectivity index (χ0n) is 17.5. The van der Waals surface area contributed by atoms with E-state index in [1.165, 1.54) is 0 Å². The molecule has 0 spiro atoms. The Morgan fingerprint density at radius 3 is 1.34 bits per heavy atom. The summed E-state index contributed by atoms with van der Waals surface area (Å²) >= 11 is 0. The van der Waals surface area contributed by atoms with Crippen LogP contribution in [0.1, 0.15) is 11.6 Å². The lowest BCUT2D eigenvalue weighted by molar-refractivity contribution is 0.888. The topological polar surface area (TPSA) is 87.2 Å². The summed E-state index contributed by atoms with van der Waals surface area (Å²) in [6.07, 6.45) is 3.59. The van der Waals surface area contributed by atoms with Crippen LogP contribution in [-0.2, 0) is 0 Å². The lowest BCUT2D eigenvalue weighted by atomic mass is 10.1. The summed E-state index contributed by atoms with van der Waals surface area (Å²) in [5.74, 6) is 1.29. The van der Waals surface area contributed by atoms with Gasteiger partial charge in [0.2, 0.25) is 0 Å². The van der Waals surface area contributed by atoms with Gasteiger partial charge in [0.15, 0.2) is 11.3 Å². The number of hydrogen-bond donors (Lipinski definition) is 0. The van der Waals surface area contributed by atoms with Crippen LogP contribution in [0, 0.1) is 13.8 Å². The highest BCUT2D eigenvalue weighted by Gasteiger charge is 2.20. The second-order valence-electron chi connectivity index (χ2n) is 7.50. The van der Waals surface area contributed by atoms with E-state index in [1.807, 2.05) is 83.9 Å². The summed E-state index contributed by atoms with van der Waals surface area (Å²) in [7, 11) is 0. The predicted molar refractivity (Wildman–Crippen MR) is 122 cm³/mol. The molecule has 8 nitrogen and oxygen atoms in total. The van der Waals surface area contributed by atoms with Gasteiger partial charge in [-0.05, 0) is 38.1 Å². The summed E-state index contributed by atoms with van der Waals surface area (Å²) in [5, 5.41) is 10.8. The van der Waals surface area contributed by atoms with Crippen molar-refractivity contribution in [3.05, 3.63) is 84.7 Å². The second kappa shape index (κ2) is 7.05. The van der Waals surface area contributed by atoms with Crippen LogP contribution in [0.4, 0.5) is 0 Å². The molecule has 8 heteroatoms. The molecular weight excluding hydrogens is 400 g/mol. The number of para-hydroxylation sites is 2. The van der Waals surface area contributed by atoms with Crippen molar-refractivity contribution in [1.82, 2.24) is 39.5 Å². The first-order chi connectivity index (χ1) is 15.7. The zero-order valence-corrected chi connectivity index (χ0v) is 17.5. The van der Waals surface area contributed by atoms with E-state index in [0.717, 1.165) is 44.8 Å². The molecular formula is C24H18N8. The van der Waals surface area contributed by atoms with Gasteiger partial charge in [-0.3, -0.25) is 0 Å². The lowest BCUT2D eigenvalue weighted by Gasteiger charge is -2.08. The number of rotatable bonds is 3. The molecule has 0 aliphatic heterocycles. The molecule has 4 heterocycles. The Labute approximate surface area is 183 Å². The van der Waals surface area contributed by atoms with Crippen LogP contribution in [-0.4, -0.2) is 39.5 Å². The van der Waals surface area contributed by atoms with Crippen molar-refractivity contribution >= 4 is 22.1 Å². The maximum absolute atomic E-state index is 4.76. The standard InChI is InChI=1S/C24H18N8/c1-15-27-21(19-13-25-31(23(19)29-15)17-9-5-3-6-10-17)22-20-14-26-32(18-11-7-4-8-12-18)24(20)30-16(2)28-22/h3-14H,1-2H3. The average Bonchev–Trinajstić information content (AvgIpc) is 3.43. The number of benzene rings is 2. The molecule has 32 heavy (non-hydrogen) atoms. The maximum atomic E-state index is 4.76. The molecule has 6 aromatic rings. The van der Waals surface area contributed by atoms with Gasteiger partial charge in [-0.25, -0.2) is 29.3 Å². The molecule has 2 aromatic carbocycles. The maximum Gasteiger partial charge on any atom is 0.167 e. The van der Waals surface area contributed by atoms with E-state index in [1.54, 1.807) is 12.4 Å². The molecule has 0 saturated carbocycles. The average molecular weight is 418 g/mol. The second-order valence-corrected chi connectivity index (χ2v) is 7.50. The third kappa shape index (κ3) is 2.84. The van der Waals surface area contributed by atoms with E-state index in [-0.39, 0.29) is 0 Å². The molecule has 0 unspecified atom stereocenters. The van der Waals surface area contributed by atoms with Gasteiger partial charge in [0.05, 0.1) is 34.5 Å². The first-order valence-corrected chi connectivity index (χ1v) is 10.2. The summed E-state index contributed by atoms with van der Waals surface area (Å²) in [6, 6.07) is 19.9. The fourth-order valence-electron chi connectivity index (χ4n) is 3.91. The summed E-state index contributed by atoms with van der Waals surface area (Å²) in [5.41, 5.74) is 4.78.